The summed E-state index contributed by atoms with van der Waals surface area (Å²) >= 11 is 0. The van der Waals surface area contributed by atoms with Crippen LogP contribution in [0.2, 0.25) is 0 Å². The molecule has 80 valence electrons. The third kappa shape index (κ3) is 2.16. The van der Waals surface area contributed by atoms with Crippen molar-refractivity contribution in [3.05, 3.63) is 12.2 Å². The van der Waals surface area contributed by atoms with E-state index in [4.69, 9.17) is 14.6 Å². The Labute approximate surface area is 84.7 Å². The zero-order chi connectivity index (χ0) is 9.86. The Balaban J connectivity index is 1.75. The van der Waals surface area contributed by atoms with Crippen molar-refractivity contribution in [3.8, 4) is 0 Å². The molecule has 0 bridgehead atoms. The number of aliphatic hydroxyl groups excluding tert-OH is 1. The lowest BCUT2D eigenvalue weighted by Gasteiger charge is -2.20. The van der Waals surface area contributed by atoms with Crippen molar-refractivity contribution >= 4 is 0 Å². The van der Waals surface area contributed by atoms with Gasteiger partial charge in [-0.05, 0) is 24.8 Å². The van der Waals surface area contributed by atoms with Gasteiger partial charge in [-0.25, -0.2) is 0 Å². The van der Waals surface area contributed by atoms with Crippen LogP contribution in [0, 0.1) is 5.92 Å². The topological polar surface area (TPSA) is 38.7 Å². The molecule has 1 N–H and O–H groups in total. The number of hydrogen-bond acceptors (Lipinski definition) is 3. The zero-order valence-electron chi connectivity index (χ0n) is 8.45. The van der Waals surface area contributed by atoms with Gasteiger partial charge in [0.05, 0.1) is 13.2 Å². The second-order valence-corrected chi connectivity index (χ2v) is 4.05. The fourth-order valence-corrected chi connectivity index (χ4v) is 2.19. The first-order chi connectivity index (χ1) is 6.85. The van der Waals surface area contributed by atoms with Gasteiger partial charge in [-0.1, -0.05) is 12.5 Å². The first-order valence-electron chi connectivity index (χ1n) is 5.43. The molecule has 1 saturated heterocycles. The summed E-state index contributed by atoms with van der Waals surface area (Å²) in [7, 11) is 0. The molecule has 1 aliphatic carbocycles. The molecule has 1 unspecified atom stereocenters. The smallest absolute Gasteiger partial charge is 0.188 e. The van der Waals surface area contributed by atoms with Crippen LogP contribution in [0.1, 0.15) is 25.7 Å². The van der Waals surface area contributed by atoms with Crippen molar-refractivity contribution in [1.29, 1.82) is 0 Å². The van der Waals surface area contributed by atoms with E-state index in [0.717, 1.165) is 25.7 Å². The van der Waals surface area contributed by atoms with Crippen molar-refractivity contribution < 1.29 is 14.6 Å². The molecule has 3 nitrogen and oxygen atoms in total. The molecule has 2 rings (SSSR count). The summed E-state index contributed by atoms with van der Waals surface area (Å²) in [6, 6.07) is 0. The van der Waals surface area contributed by atoms with Gasteiger partial charge in [-0.3, -0.25) is 0 Å². The Morgan fingerprint density at radius 3 is 2.79 bits per heavy atom. The van der Waals surface area contributed by atoms with Crippen LogP contribution in [-0.2, 0) is 9.47 Å². The zero-order valence-corrected chi connectivity index (χ0v) is 8.45. The average molecular weight is 198 g/mol. The first kappa shape index (κ1) is 10.1. The minimum atomic E-state index is -0.385. The maximum atomic E-state index is 8.68. The van der Waals surface area contributed by atoms with Crippen molar-refractivity contribution in [3.63, 3.8) is 0 Å². The number of ether oxygens (including phenoxy) is 2. The molecule has 0 saturated carbocycles. The Kier molecular flexibility index (Phi) is 3.21. The van der Waals surface area contributed by atoms with E-state index in [9.17, 15) is 0 Å². The molecule has 14 heavy (non-hydrogen) atoms. The molecule has 0 radical (unpaired) electrons. The minimum absolute atomic E-state index is 0.300. The van der Waals surface area contributed by atoms with Gasteiger partial charge in [-0.15, -0.1) is 0 Å². The molecule has 0 aromatic carbocycles. The second-order valence-electron chi connectivity index (χ2n) is 4.05. The summed E-state index contributed by atoms with van der Waals surface area (Å²) in [5.74, 6) is 0.184. The third-order valence-electron chi connectivity index (χ3n) is 2.93. The third-order valence-corrected chi connectivity index (χ3v) is 2.93. The standard InChI is InChI=1S/C11H18O3/c12-6-2-1-3-10-4-5-11(9-10)13-7-8-14-11/h4-5,10,12H,1-3,6-9H2. The molecule has 3 heteroatoms. The largest absolute Gasteiger partial charge is 0.396 e. The molecular formula is C11H18O3. The Bertz CT molecular complexity index is 207. The van der Waals surface area contributed by atoms with Gasteiger partial charge >= 0.3 is 0 Å². The molecule has 0 aromatic rings. The molecule has 0 amide bonds. The molecule has 1 heterocycles. The van der Waals surface area contributed by atoms with Crippen LogP contribution in [0.25, 0.3) is 0 Å². The van der Waals surface area contributed by atoms with Crippen LogP contribution in [0.3, 0.4) is 0 Å². The van der Waals surface area contributed by atoms with E-state index in [1.54, 1.807) is 0 Å². The van der Waals surface area contributed by atoms with Gasteiger partial charge in [0, 0.05) is 13.0 Å². The van der Waals surface area contributed by atoms with Gasteiger partial charge in [0.25, 0.3) is 0 Å². The maximum absolute atomic E-state index is 8.68. The molecule has 1 aliphatic heterocycles. The normalized spacial score (nSPS) is 29.1. The molecule has 1 spiro atoms. The fraction of sp³-hybridized carbons (Fsp3) is 0.818. The van der Waals surface area contributed by atoms with Crippen LogP contribution in [0.4, 0.5) is 0 Å². The quantitative estimate of drug-likeness (QED) is 0.549. The highest BCUT2D eigenvalue weighted by atomic mass is 16.7. The monoisotopic (exact) mass is 198 g/mol. The lowest BCUT2D eigenvalue weighted by atomic mass is 10.0. The summed E-state index contributed by atoms with van der Waals surface area (Å²) in [6.45, 7) is 1.73. The number of allylic oxidation sites excluding steroid dienone is 1. The molecule has 0 aromatic heterocycles. The van der Waals surface area contributed by atoms with E-state index < -0.39 is 0 Å². The van der Waals surface area contributed by atoms with Crippen molar-refractivity contribution in [2.75, 3.05) is 19.8 Å². The molecule has 2 aliphatic rings. The average Bonchev–Trinajstić information content (AvgIpc) is 2.79. The van der Waals surface area contributed by atoms with Crippen LogP contribution in [0.15, 0.2) is 12.2 Å². The highest BCUT2D eigenvalue weighted by molar-refractivity contribution is 5.09. The number of rotatable bonds is 4. The first-order valence-corrected chi connectivity index (χ1v) is 5.43. The van der Waals surface area contributed by atoms with Crippen molar-refractivity contribution in [1.82, 2.24) is 0 Å². The lowest BCUT2D eigenvalue weighted by molar-refractivity contribution is -0.120. The summed E-state index contributed by atoms with van der Waals surface area (Å²) in [4.78, 5) is 0. The van der Waals surface area contributed by atoms with Crippen LogP contribution in [-0.4, -0.2) is 30.7 Å². The van der Waals surface area contributed by atoms with Crippen LogP contribution >= 0.6 is 0 Å². The molecular weight excluding hydrogens is 180 g/mol. The predicted molar refractivity (Wildman–Crippen MR) is 52.8 cm³/mol. The summed E-state index contributed by atoms with van der Waals surface area (Å²) in [6.07, 6.45) is 8.33. The number of aliphatic hydroxyl groups is 1. The van der Waals surface area contributed by atoms with Gasteiger partial charge in [-0.2, -0.15) is 0 Å². The lowest BCUT2D eigenvalue weighted by Crippen LogP contribution is -2.25. The highest BCUT2D eigenvalue weighted by Crippen LogP contribution is 2.37. The Morgan fingerprint density at radius 1 is 1.29 bits per heavy atom. The van der Waals surface area contributed by atoms with E-state index in [2.05, 4.69) is 12.2 Å². The van der Waals surface area contributed by atoms with E-state index >= 15 is 0 Å². The van der Waals surface area contributed by atoms with Crippen molar-refractivity contribution in [2.45, 2.75) is 31.5 Å². The highest BCUT2D eigenvalue weighted by Gasteiger charge is 2.39. The fourth-order valence-electron chi connectivity index (χ4n) is 2.19. The summed E-state index contributed by atoms with van der Waals surface area (Å²) in [5.41, 5.74) is 0. The van der Waals surface area contributed by atoms with Gasteiger partial charge in [0.15, 0.2) is 5.79 Å². The Hall–Kier alpha value is -0.380. The maximum Gasteiger partial charge on any atom is 0.188 e. The van der Waals surface area contributed by atoms with E-state index in [0.29, 0.717) is 25.7 Å². The van der Waals surface area contributed by atoms with Gasteiger partial charge < -0.3 is 14.6 Å². The van der Waals surface area contributed by atoms with E-state index in [1.165, 1.54) is 0 Å². The summed E-state index contributed by atoms with van der Waals surface area (Å²) in [5, 5.41) is 8.68. The molecule has 1 fully saturated rings. The van der Waals surface area contributed by atoms with Crippen LogP contribution < -0.4 is 0 Å². The van der Waals surface area contributed by atoms with Gasteiger partial charge in [0.1, 0.15) is 0 Å². The van der Waals surface area contributed by atoms with Crippen molar-refractivity contribution in [2.24, 2.45) is 5.92 Å². The number of hydrogen-bond donors (Lipinski definition) is 1. The molecule has 1 atom stereocenters. The van der Waals surface area contributed by atoms with E-state index in [1.807, 2.05) is 0 Å². The Morgan fingerprint density at radius 2 is 2.07 bits per heavy atom. The van der Waals surface area contributed by atoms with E-state index in [-0.39, 0.29) is 5.79 Å². The van der Waals surface area contributed by atoms with Gasteiger partial charge in [0.2, 0.25) is 0 Å². The predicted octanol–water partition coefficient (Wildman–Crippen LogP) is 1.47. The van der Waals surface area contributed by atoms with Crippen LogP contribution in [0.5, 0.6) is 0 Å². The minimum Gasteiger partial charge on any atom is -0.396 e. The summed E-state index contributed by atoms with van der Waals surface area (Å²) < 4.78 is 11.2. The second kappa shape index (κ2) is 4.43. The SMILES string of the molecule is OCCCCC1C=CC2(C1)OCCO2. The number of unbranched alkanes of at least 4 members (excludes halogenated alkanes) is 1.